The predicted molar refractivity (Wildman–Crippen MR) is 183 cm³/mol. The highest BCUT2D eigenvalue weighted by Gasteiger charge is 2.18. The molecule has 200 valence electrons. The van der Waals surface area contributed by atoms with Crippen LogP contribution >= 0.6 is 0 Å². The third kappa shape index (κ3) is 3.72. The van der Waals surface area contributed by atoms with Crippen LogP contribution in [0.4, 0.5) is 0 Å². The Morgan fingerprint density at radius 3 is 1.70 bits per heavy atom. The highest BCUT2D eigenvalue weighted by Crippen LogP contribution is 2.45. The van der Waals surface area contributed by atoms with Gasteiger partial charge >= 0.3 is 0 Å². The summed E-state index contributed by atoms with van der Waals surface area (Å²) in [6.45, 7) is 0. The van der Waals surface area contributed by atoms with Crippen LogP contribution in [0.5, 0.6) is 0 Å². The number of para-hydroxylation sites is 1. The Balaban J connectivity index is 1.30. The van der Waals surface area contributed by atoms with E-state index in [4.69, 9.17) is 11.3 Å². The van der Waals surface area contributed by atoms with Crippen molar-refractivity contribution in [3.8, 4) is 33.4 Å². The van der Waals surface area contributed by atoms with Crippen molar-refractivity contribution < 1.29 is 11.3 Å². The van der Waals surface area contributed by atoms with Crippen LogP contribution in [0.3, 0.4) is 0 Å². The Labute approximate surface area is 256 Å². The highest BCUT2D eigenvalue weighted by molar-refractivity contribution is 6.22. The summed E-state index contributed by atoms with van der Waals surface area (Å²) in [5.74, 6) is 0. The fourth-order valence-corrected chi connectivity index (χ4v) is 6.63. The van der Waals surface area contributed by atoms with Crippen LogP contribution in [-0.2, 0) is 0 Å². The van der Waals surface area contributed by atoms with Gasteiger partial charge in [-0.2, -0.15) is 0 Å². The maximum atomic E-state index is 8.59. The van der Waals surface area contributed by atoms with Crippen molar-refractivity contribution in [2.45, 2.75) is 0 Å². The molecule has 0 radical (unpaired) electrons. The first-order valence-corrected chi connectivity index (χ1v) is 14.4. The minimum Gasteiger partial charge on any atom is -0.455 e. The molecule has 9 rings (SSSR count). The van der Waals surface area contributed by atoms with Crippen molar-refractivity contribution >= 4 is 54.3 Å². The second kappa shape index (κ2) is 9.44. The van der Waals surface area contributed by atoms with Gasteiger partial charge in [-0.3, -0.25) is 0 Å². The van der Waals surface area contributed by atoms with E-state index >= 15 is 0 Å². The lowest BCUT2D eigenvalue weighted by atomic mass is 9.85. The molecule has 0 fully saturated rings. The maximum Gasteiger partial charge on any atom is 0.143 e. The summed E-state index contributed by atoms with van der Waals surface area (Å²) in [7, 11) is 0. The van der Waals surface area contributed by atoms with Crippen LogP contribution < -0.4 is 0 Å². The Hall–Kier alpha value is -5.66. The van der Waals surface area contributed by atoms with Gasteiger partial charge in [0.2, 0.25) is 0 Å². The molecule has 1 nitrogen and oxygen atoms in total. The van der Waals surface area contributed by atoms with Crippen LogP contribution in [0.2, 0.25) is 0 Å². The van der Waals surface area contributed by atoms with E-state index in [2.05, 4.69) is 109 Å². The fourth-order valence-electron chi connectivity index (χ4n) is 6.63. The zero-order chi connectivity index (χ0) is 32.7. The molecule has 0 aliphatic carbocycles. The van der Waals surface area contributed by atoms with Crippen LogP contribution in [-0.4, -0.2) is 0 Å². The second-order valence-electron chi connectivity index (χ2n) is 10.9. The smallest absolute Gasteiger partial charge is 0.143 e. The standard InChI is InChI=1S/C42H26O/c1-2-12-28(13-3-1)32-19-10-20-38-33-24-23-31(26-39(33)43-42(32)38)41-36-17-8-6-15-34(36)40(35-16-7-9-18-37(35)41)30-22-21-27-11-4-5-14-29(27)25-30/h1-26H/i1D,2D,3D,12D,13D. The Morgan fingerprint density at radius 2 is 1.00 bits per heavy atom. The van der Waals surface area contributed by atoms with E-state index in [0.717, 1.165) is 43.4 Å². The van der Waals surface area contributed by atoms with Gasteiger partial charge in [0, 0.05) is 16.3 Å². The first-order chi connectivity index (χ1) is 23.4. The summed E-state index contributed by atoms with van der Waals surface area (Å²) >= 11 is 0. The average Bonchev–Trinajstić information content (AvgIpc) is 3.50. The van der Waals surface area contributed by atoms with Gasteiger partial charge in [0.15, 0.2) is 0 Å². The number of hydrogen-bond donors (Lipinski definition) is 0. The quantitative estimate of drug-likeness (QED) is 0.199. The molecule has 9 aromatic rings. The van der Waals surface area contributed by atoms with Crippen molar-refractivity contribution in [2.24, 2.45) is 0 Å². The number of hydrogen-bond acceptors (Lipinski definition) is 1. The zero-order valence-electron chi connectivity index (χ0n) is 28.0. The number of benzene rings is 8. The summed E-state index contributed by atoms with van der Waals surface area (Å²) in [6.07, 6.45) is 0. The second-order valence-corrected chi connectivity index (χ2v) is 10.9. The first-order valence-electron chi connectivity index (χ1n) is 16.9. The zero-order valence-corrected chi connectivity index (χ0v) is 23.0. The molecular weight excluding hydrogens is 520 g/mol. The van der Waals surface area contributed by atoms with E-state index in [-0.39, 0.29) is 29.7 Å². The lowest BCUT2D eigenvalue weighted by Gasteiger charge is -2.18. The summed E-state index contributed by atoms with van der Waals surface area (Å²) in [5.41, 5.74) is 6.23. The summed E-state index contributed by atoms with van der Waals surface area (Å²) < 4.78 is 48.2. The van der Waals surface area contributed by atoms with E-state index < -0.39 is 6.04 Å². The van der Waals surface area contributed by atoms with Gasteiger partial charge in [0.25, 0.3) is 0 Å². The van der Waals surface area contributed by atoms with Gasteiger partial charge in [-0.1, -0.05) is 139 Å². The SMILES string of the molecule is [2H]c1c([2H])c([2H])c(-c2cccc3c2oc2cc(-c4c5ccccc5c(-c5ccc6ccccc6c5)c5ccccc45)ccc23)c([2H])c1[2H]. The maximum absolute atomic E-state index is 8.59. The molecule has 8 aromatic carbocycles. The van der Waals surface area contributed by atoms with Crippen molar-refractivity contribution in [2.75, 3.05) is 0 Å². The molecule has 0 atom stereocenters. The molecule has 0 aliphatic heterocycles. The van der Waals surface area contributed by atoms with E-state index in [1.807, 2.05) is 12.1 Å². The minimum atomic E-state index is -0.416. The number of fused-ring (bicyclic) bond motifs is 6. The Kier molecular flexibility index (Phi) is 4.27. The molecule has 1 heteroatoms. The van der Waals surface area contributed by atoms with Crippen LogP contribution in [0, 0.1) is 0 Å². The van der Waals surface area contributed by atoms with Crippen molar-refractivity contribution in [1.29, 1.82) is 0 Å². The average molecular weight is 552 g/mol. The van der Waals surface area contributed by atoms with Gasteiger partial charge in [-0.15, -0.1) is 0 Å². The summed E-state index contributed by atoms with van der Waals surface area (Å²) in [5, 5.41) is 8.71. The van der Waals surface area contributed by atoms with Gasteiger partial charge < -0.3 is 4.42 Å². The van der Waals surface area contributed by atoms with Gasteiger partial charge in [0.1, 0.15) is 11.2 Å². The van der Waals surface area contributed by atoms with Crippen LogP contribution in [0.1, 0.15) is 6.85 Å². The Morgan fingerprint density at radius 1 is 0.419 bits per heavy atom. The normalized spacial score (nSPS) is 13.3. The molecule has 0 saturated carbocycles. The number of rotatable bonds is 3. The molecule has 0 saturated heterocycles. The monoisotopic (exact) mass is 551 g/mol. The van der Waals surface area contributed by atoms with Crippen LogP contribution in [0.15, 0.2) is 162 Å². The van der Waals surface area contributed by atoms with Crippen molar-refractivity contribution in [3.05, 3.63) is 158 Å². The van der Waals surface area contributed by atoms with Crippen molar-refractivity contribution in [3.63, 3.8) is 0 Å². The first kappa shape index (κ1) is 19.5. The van der Waals surface area contributed by atoms with Gasteiger partial charge in [-0.25, -0.2) is 0 Å². The van der Waals surface area contributed by atoms with E-state index in [0.29, 0.717) is 16.7 Å². The van der Waals surface area contributed by atoms with E-state index in [1.54, 1.807) is 6.07 Å². The Bertz CT molecular complexity index is 2710. The fraction of sp³-hybridized carbons (Fsp3) is 0. The molecule has 0 amide bonds. The topological polar surface area (TPSA) is 13.1 Å². The van der Waals surface area contributed by atoms with Crippen LogP contribution in [0.25, 0.3) is 87.6 Å². The molecule has 43 heavy (non-hydrogen) atoms. The molecule has 0 N–H and O–H groups in total. The molecule has 1 aromatic heterocycles. The van der Waals surface area contributed by atoms with E-state index in [9.17, 15) is 0 Å². The third-order valence-corrected chi connectivity index (χ3v) is 8.53. The molecular formula is C42H26O. The summed E-state index contributed by atoms with van der Waals surface area (Å²) in [6, 6.07) is 42.3. The highest BCUT2D eigenvalue weighted by atomic mass is 16.3. The minimum absolute atomic E-state index is 0.132. The van der Waals surface area contributed by atoms with Gasteiger partial charge in [0.05, 0.1) is 6.85 Å². The van der Waals surface area contributed by atoms with Crippen molar-refractivity contribution in [1.82, 2.24) is 0 Å². The largest absolute Gasteiger partial charge is 0.455 e. The predicted octanol–water partition coefficient (Wildman–Crippen LogP) is 12.0. The molecule has 0 unspecified atom stereocenters. The molecule has 1 heterocycles. The summed E-state index contributed by atoms with van der Waals surface area (Å²) in [4.78, 5) is 0. The third-order valence-electron chi connectivity index (χ3n) is 8.53. The molecule has 0 spiro atoms. The lowest BCUT2D eigenvalue weighted by molar-refractivity contribution is 0.670. The molecule has 0 aliphatic rings. The van der Waals surface area contributed by atoms with E-state index in [1.165, 1.54) is 21.9 Å². The van der Waals surface area contributed by atoms with Gasteiger partial charge in [-0.05, 0) is 78.3 Å². The number of furan rings is 1. The lowest BCUT2D eigenvalue weighted by Crippen LogP contribution is -1.90. The molecule has 0 bridgehead atoms.